The maximum Gasteiger partial charge on any atom is 0.328 e. The molecule has 6 nitrogen and oxygen atoms in total. The highest BCUT2D eigenvalue weighted by atomic mass is 16.4. The first-order chi connectivity index (χ1) is 10.0. The molecule has 2 rings (SSSR count). The summed E-state index contributed by atoms with van der Waals surface area (Å²) >= 11 is 0. The van der Waals surface area contributed by atoms with Gasteiger partial charge in [0.25, 0.3) is 5.91 Å². The lowest BCUT2D eigenvalue weighted by molar-refractivity contribution is -0.131. The van der Waals surface area contributed by atoms with Crippen LogP contribution in [0.15, 0.2) is 42.6 Å². The quantitative estimate of drug-likeness (QED) is 0.839. The summed E-state index contributed by atoms with van der Waals surface area (Å²) in [6, 6.07) is 8.37. The van der Waals surface area contributed by atoms with Crippen molar-refractivity contribution in [1.82, 2.24) is 9.97 Å². The second-order valence-electron chi connectivity index (χ2n) is 4.26. The molecule has 0 atom stereocenters. The number of aliphatic carboxylic acids is 1. The van der Waals surface area contributed by atoms with Crippen molar-refractivity contribution in [3.63, 3.8) is 0 Å². The summed E-state index contributed by atoms with van der Waals surface area (Å²) < 4.78 is 0. The van der Waals surface area contributed by atoms with Crippen LogP contribution in [0.1, 0.15) is 21.7 Å². The summed E-state index contributed by atoms with van der Waals surface area (Å²) in [7, 11) is 0. The first kappa shape index (κ1) is 14.4. The molecule has 0 unspecified atom stereocenters. The first-order valence-electron chi connectivity index (χ1n) is 6.16. The van der Waals surface area contributed by atoms with E-state index < -0.39 is 5.97 Å². The van der Waals surface area contributed by atoms with Gasteiger partial charge in [0.1, 0.15) is 11.5 Å². The molecule has 1 amide bonds. The Bertz CT molecular complexity index is 711. The summed E-state index contributed by atoms with van der Waals surface area (Å²) in [6.07, 6.45) is 3.93. The Morgan fingerprint density at radius 3 is 2.81 bits per heavy atom. The molecule has 2 N–H and O–H groups in total. The van der Waals surface area contributed by atoms with Crippen molar-refractivity contribution in [3.8, 4) is 0 Å². The second-order valence-corrected chi connectivity index (χ2v) is 4.26. The molecule has 2 heterocycles. The Morgan fingerprint density at radius 1 is 1.29 bits per heavy atom. The number of pyridine rings is 2. The summed E-state index contributed by atoms with van der Waals surface area (Å²) in [4.78, 5) is 30.6. The molecule has 0 spiro atoms. The van der Waals surface area contributed by atoms with Crippen LogP contribution in [0.3, 0.4) is 0 Å². The van der Waals surface area contributed by atoms with Crippen molar-refractivity contribution in [2.75, 3.05) is 5.32 Å². The van der Waals surface area contributed by atoms with E-state index in [1.165, 1.54) is 12.3 Å². The van der Waals surface area contributed by atoms with Crippen LogP contribution < -0.4 is 5.32 Å². The van der Waals surface area contributed by atoms with E-state index in [2.05, 4.69) is 15.3 Å². The predicted molar refractivity (Wildman–Crippen MR) is 77.8 cm³/mol. The van der Waals surface area contributed by atoms with Crippen molar-refractivity contribution < 1.29 is 14.7 Å². The van der Waals surface area contributed by atoms with E-state index in [-0.39, 0.29) is 5.91 Å². The van der Waals surface area contributed by atoms with E-state index in [0.717, 1.165) is 11.8 Å². The number of anilines is 1. The number of aryl methyl sites for hydroxylation is 1. The minimum atomic E-state index is -1.04. The highest BCUT2D eigenvalue weighted by Gasteiger charge is 2.08. The second kappa shape index (κ2) is 6.42. The highest BCUT2D eigenvalue weighted by Crippen LogP contribution is 2.10. The normalized spacial score (nSPS) is 10.5. The number of hydrogen-bond donors (Lipinski definition) is 2. The molecule has 0 saturated heterocycles. The van der Waals surface area contributed by atoms with Crippen molar-refractivity contribution in [2.24, 2.45) is 0 Å². The molecule has 0 aromatic carbocycles. The van der Waals surface area contributed by atoms with Gasteiger partial charge in [-0.15, -0.1) is 0 Å². The number of nitrogens with one attached hydrogen (secondary N) is 1. The smallest absolute Gasteiger partial charge is 0.328 e. The zero-order valence-corrected chi connectivity index (χ0v) is 11.3. The van der Waals surface area contributed by atoms with Crippen LogP contribution in [0.5, 0.6) is 0 Å². The number of amides is 1. The number of rotatable bonds is 4. The molecule has 0 saturated carbocycles. The van der Waals surface area contributed by atoms with Crippen LogP contribution in [0.4, 0.5) is 5.82 Å². The lowest BCUT2D eigenvalue weighted by Gasteiger charge is -2.05. The molecule has 0 aliphatic rings. The monoisotopic (exact) mass is 283 g/mol. The zero-order chi connectivity index (χ0) is 15.2. The third kappa shape index (κ3) is 4.24. The van der Waals surface area contributed by atoms with E-state index in [4.69, 9.17) is 5.11 Å². The van der Waals surface area contributed by atoms with Crippen molar-refractivity contribution in [3.05, 3.63) is 59.6 Å². The number of hydrogen-bond acceptors (Lipinski definition) is 4. The standard InChI is InChI=1S/C15H13N3O3/c1-10-3-2-4-12(17-10)15(21)18-13-9-11(7-8-16-13)5-6-14(19)20/h2-9H,1H3,(H,19,20)(H,16,18,21)/b6-5+. The molecule has 0 radical (unpaired) electrons. The maximum absolute atomic E-state index is 12.0. The maximum atomic E-state index is 12.0. The number of nitrogens with zero attached hydrogens (tertiary/aromatic N) is 2. The number of carboxylic acids is 1. The van der Waals surface area contributed by atoms with E-state index in [1.54, 1.807) is 37.3 Å². The van der Waals surface area contributed by atoms with Crippen LogP contribution in [0.25, 0.3) is 6.08 Å². The van der Waals surface area contributed by atoms with Gasteiger partial charge in [-0.1, -0.05) is 6.07 Å². The van der Waals surface area contributed by atoms with E-state index in [0.29, 0.717) is 17.1 Å². The van der Waals surface area contributed by atoms with Crippen LogP contribution in [0, 0.1) is 6.92 Å². The highest BCUT2D eigenvalue weighted by molar-refractivity contribution is 6.02. The number of aromatic nitrogens is 2. The summed E-state index contributed by atoms with van der Waals surface area (Å²) in [5, 5.41) is 11.2. The number of carboxylic acid groups (broad SMARTS) is 1. The lowest BCUT2D eigenvalue weighted by atomic mass is 10.2. The molecule has 106 valence electrons. The van der Waals surface area contributed by atoms with E-state index in [9.17, 15) is 9.59 Å². The van der Waals surface area contributed by atoms with Gasteiger partial charge in [0, 0.05) is 18.0 Å². The third-order valence-electron chi connectivity index (χ3n) is 2.56. The number of carbonyl (C=O) groups excluding carboxylic acids is 1. The zero-order valence-electron chi connectivity index (χ0n) is 11.3. The van der Waals surface area contributed by atoms with Gasteiger partial charge in [-0.3, -0.25) is 4.79 Å². The lowest BCUT2D eigenvalue weighted by Crippen LogP contribution is -2.14. The fraction of sp³-hybridized carbons (Fsp3) is 0.0667. The molecular formula is C15H13N3O3. The summed E-state index contributed by atoms with van der Waals surface area (Å²) in [5.74, 6) is -1.08. The Morgan fingerprint density at radius 2 is 2.10 bits per heavy atom. The van der Waals surface area contributed by atoms with Crippen LogP contribution in [-0.2, 0) is 4.79 Å². The molecule has 0 aliphatic heterocycles. The van der Waals surface area contributed by atoms with Gasteiger partial charge < -0.3 is 10.4 Å². The molecular weight excluding hydrogens is 270 g/mol. The van der Waals surface area contributed by atoms with E-state index >= 15 is 0 Å². The average molecular weight is 283 g/mol. The molecule has 2 aromatic heterocycles. The molecule has 21 heavy (non-hydrogen) atoms. The average Bonchev–Trinajstić information content (AvgIpc) is 2.45. The fourth-order valence-corrected chi connectivity index (χ4v) is 1.64. The van der Waals surface area contributed by atoms with Gasteiger partial charge >= 0.3 is 5.97 Å². The van der Waals surface area contributed by atoms with Crippen molar-refractivity contribution >= 4 is 23.8 Å². The van der Waals surface area contributed by atoms with Gasteiger partial charge in [-0.2, -0.15) is 0 Å². The van der Waals surface area contributed by atoms with Crippen molar-refractivity contribution in [2.45, 2.75) is 6.92 Å². The number of carbonyl (C=O) groups is 2. The topological polar surface area (TPSA) is 92.2 Å². The van der Waals surface area contributed by atoms with Crippen LogP contribution >= 0.6 is 0 Å². The van der Waals surface area contributed by atoms with Gasteiger partial charge in [-0.25, -0.2) is 14.8 Å². The van der Waals surface area contributed by atoms with Crippen LogP contribution in [-0.4, -0.2) is 27.0 Å². The Balaban J connectivity index is 2.14. The first-order valence-corrected chi connectivity index (χ1v) is 6.16. The Kier molecular flexibility index (Phi) is 4.40. The summed E-state index contributed by atoms with van der Waals surface area (Å²) in [5.41, 5.74) is 1.66. The van der Waals surface area contributed by atoms with Crippen molar-refractivity contribution in [1.29, 1.82) is 0 Å². The largest absolute Gasteiger partial charge is 0.478 e. The van der Waals surface area contributed by atoms with Gasteiger partial charge in [0.05, 0.1) is 0 Å². The minimum Gasteiger partial charge on any atom is -0.478 e. The molecule has 0 aliphatic carbocycles. The Hall–Kier alpha value is -3.02. The fourth-order valence-electron chi connectivity index (χ4n) is 1.64. The molecule has 0 bridgehead atoms. The SMILES string of the molecule is Cc1cccc(C(=O)Nc2cc(/C=C/C(=O)O)ccn2)n1. The van der Waals surface area contributed by atoms with E-state index in [1.807, 2.05) is 0 Å². The summed E-state index contributed by atoms with van der Waals surface area (Å²) in [6.45, 7) is 1.80. The molecule has 2 aromatic rings. The molecule has 0 fully saturated rings. The van der Waals surface area contributed by atoms with Gasteiger partial charge in [-0.05, 0) is 42.8 Å². The third-order valence-corrected chi connectivity index (χ3v) is 2.56. The van der Waals surface area contributed by atoms with Gasteiger partial charge in [0.2, 0.25) is 0 Å². The van der Waals surface area contributed by atoms with Crippen LogP contribution in [0.2, 0.25) is 0 Å². The Labute approximate surface area is 121 Å². The minimum absolute atomic E-state index is 0.295. The van der Waals surface area contributed by atoms with Gasteiger partial charge in [0.15, 0.2) is 0 Å². The molecule has 6 heteroatoms. The predicted octanol–water partition coefficient (Wildman–Crippen LogP) is 2.14.